The summed E-state index contributed by atoms with van der Waals surface area (Å²) in [5.41, 5.74) is 2.95. The van der Waals surface area contributed by atoms with Crippen LogP contribution in [0.4, 0.5) is 5.69 Å². The van der Waals surface area contributed by atoms with Crippen molar-refractivity contribution in [1.29, 1.82) is 0 Å². The van der Waals surface area contributed by atoms with Gasteiger partial charge in [0.2, 0.25) is 0 Å². The van der Waals surface area contributed by atoms with Crippen LogP contribution in [0.25, 0.3) is 21.8 Å². The Morgan fingerprint density at radius 1 is 0.925 bits per heavy atom. The van der Waals surface area contributed by atoms with Gasteiger partial charge in [-0.05, 0) is 75.8 Å². The molecule has 0 radical (unpaired) electrons. The number of hydrogen-bond acceptors (Lipinski definition) is 13. The van der Waals surface area contributed by atoms with E-state index in [1.165, 1.54) is 6.42 Å². The first-order valence-electron chi connectivity index (χ1n) is 11.2. The van der Waals surface area contributed by atoms with E-state index in [0.717, 1.165) is 75.3 Å². The number of methoxy groups -OCH3 is 1. The zero-order valence-corrected chi connectivity index (χ0v) is 30.8. The molecule has 1 heterocycles. The summed E-state index contributed by atoms with van der Waals surface area (Å²) < 4.78 is 5.45. The predicted molar refractivity (Wildman–Crippen MR) is 148 cm³/mol. The van der Waals surface area contributed by atoms with E-state index in [9.17, 15) is 0 Å². The summed E-state index contributed by atoms with van der Waals surface area (Å²) in [6.07, 6.45) is 2.28. The van der Waals surface area contributed by atoms with Gasteiger partial charge in [-0.2, -0.15) is 0 Å². The summed E-state index contributed by atoms with van der Waals surface area (Å²) in [4.78, 5) is 31.3. The number of aromatic nitrogens is 1. The zero-order valence-electron chi connectivity index (χ0n) is 24.0. The average molecular weight is 607 g/mol. The molecule has 3 aromatic rings. The van der Waals surface area contributed by atoms with Crippen molar-refractivity contribution in [2.24, 2.45) is 16.0 Å². The Hall–Kier alpha value is -0.840. The quantitative estimate of drug-likeness (QED) is 0.120. The maximum Gasteiger partial charge on any atom is 1.00 e. The fourth-order valence-corrected chi connectivity index (χ4v) is 3.82. The molecule has 2 aromatic carbocycles. The number of anilines is 1. The molecule has 0 aliphatic heterocycles. The van der Waals surface area contributed by atoms with Crippen molar-refractivity contribution in [3.63, 3.8) is 0 Å². The molecule has 0 aliphatic rings. The van der Waals surface area contributed by atoms with E-state index in [1.54, 1.807) is 7.11 Å². The Balaban J connectivity index is -0.000000479. The molecule has 0 aliphatic carbocycles. The first kappa shape index (κ1) is 46.1. The van der Waals surface area contributed by atoms with Crippen LogP contribution in [0, 0.1) is 30.3 Å². The summed E-state index contributed by atoms with van der Waals surface area (Å²) in [5, 5.41) is 33.6. The molecule has 1 atom stereocenters. The van der Waals surface area contributed by atoms with E-state index in [2.05, 4.69) is 43.1 Å². The minimum absolute atomic E-state index is 0. The number of pyridine rings is 1. The van der Waals surface area contributed by atoms with E-state index in [1.807, 2.05) is 24.3 Å². The minimum atomic E-state index is 0. The third-order valence-electron chi connectivity index (χ3n) is 5.34. The van der Waals surface area contributed by atoms with Gasteiger partial charge in [0.15, 0.2) is 0 Å². The van der Waals surface area contributed by atoms with Crippen molar-refractivity contribution in [1.82, 2.24) is 9.88 Å². The molecule has 0 fully saturated rings. The summed E-state index contributed by atoms with van der Waals surface area (Å²) in [5.74, 6) is 0.833. The summed E-state index contributed by atoms with van der Waals surface area (Å²) >= 11 is 6.22. The molecule has 17 heteroatoms. The molecule has 3 rings (SSSR count). The van der Waals surface area contributed by atoms with E-state index < -0.39 is 0 Å². The second-order valence-corrected chi connectivity index (χ2v) is 7.91. The monoisotopic (exact) mass is 606 g/mol. The molecule has 0 saturated carbocycles. The van der Waals surface area contributed by atoms with Gasteiger partial charge in [-0.1, -0.05) is 25.4 Å². The van der Waals surface area contributed by atoms with Crippen molar-refractivity contribution in [2.75, 3.05) is 32.1 Å². The van der Waals surface area contributed by atoms with Crippen molar-refractivity contribution in [3.8, 4) is 5.75 Å². The van der Waals surface area contributed by atoms with E-state index >= 15 is 0 Å². The second kappa shape index (κ2) is 28.3. The van der Waals surface area contributed by atoms with E-state index in [0.29, 0.717) is 11.1 Å². The average Bonchev–Trinajstić information content (AvgIpc) is 2.87. The summed E-state index contributed by atoms with van der Waals surface area (Å²) in [6, 6.07) is 12.3. The number of rotatable bonds is 9. The normalized spacial score (nSPS) is 9.75. The van der Waals surface area contributed by atoms with Gasteiger partial charge in [0.1, 0.15) is 5.75 Å². The third-order valence-corrected chi connectivity index (χ3v) is 5.57. The second-order valence-electron chi connectivity index (χ2n) is 7.47. The topological polar surface area (TPSA) is 195 Å². The van der Waals surface area contributed by atoms with Crippen LogP contribution in [0.3, 0.4) is 0 Å². The van der Waals surface area contributed by atoms with Gasteiger partial charge in [-0.25, -0.2) is 4.98 Å². The van der Waals surface area contributed by atoms with Crippen LogP contribution in [0.5, 0.6) is 5.75 Å². The van der Waals surface area contributed by atoms with Gasteiger partial charge in [-0.15, -0.1) is 16.0 Å². The van der Waals surface area contributed by atoms with Crippen LogP contribution in [0.2, 0.25) is 5.02 Å². The Kier molecular flexibility index (Phi) is 32.6. The van der Waals surface area contributed by atoms with Gasteiger partial charge < -0.3 is 45.3 Å². The molecule has 204 valence electrons. The summed E-state index contributed by atoms with van der Waals surface area (Å²) in [6.45, 7) is 10.0. The number of fused-ring (bicyclic) bond motifs is 2. The van der Waals surface area contributed by atoms with Crippen molar-refractivity contribution in [3.05, 3.63) is 71.8 Å². The maximum absolute atomic E-state index is 8.00. The molecule has 1 N–H and O–H groups in total. The summed E-state index contributed by atoms with van der Waals surface area (Å²) in [7, 11) is 1.69. The molecule has 0 saturated heterocycles. The zero-order chi connectivity index (χ0) is 28.2. The molecule has 0 amide bonds. The first-order chi connectivity index (χ1) is 17.8. The fraction of sp³-hybridized carbons (Fsp3) is 0.435. The predicted octanol–water partition coefficient (Wildman–Crippen LogP) is -2.26. The van der Waals surface area contributed by atoms with Crippen LogP contribution in [-0.4, -0.2) is 42.7 Å². The van der Waals surface area contributed by atoms with Gasteiger partial charge >= 0.3 is 88.7 Å². The van der Waals surface area contributed by atoms with Crippen LogP contribution < -0.4 is 98.7 Å². The number of hydrogen-bond donors (Lipinski definition) is 1. The van der Waals surface area contributed by atoms with Crippen molar-refractivity contribution < 1.29 is 93.4 Å². The Morgan fingerprint density at radius 2 is 1.48 bits per heavy atom. The maximum atomic E-state index is 8.00. The fourth-order valence-electron chi connectivity index (χ4n) is 3.66. The van der Waals surface area contributed by atoms with Crippen molar-refractivity contribution >= 4 is 39.1 Å². The Labute approximate surface area is 304 Å². The molecule has 0 spiro atoms. The minimum Gasteiger partial charge on any atom is -0.497 e. The van der Waals surface area contributed by atoms with E-state index in [4.69, 9.17) is 51.7 Å². The molecule has 1 unspecified atom stereocenters. The number of nitrogens with zero attached hydrogens (tertiary/aromatic N) is 5. The van der Waals surface area contributed by atoms with Crippen LogP contribution in [0.1, 0.15) is 33.6 Å². The SMILES string of the molecule is CCN(CC)CCCC(C)Nc1c2ccc(Cl)cc2nc2ccc(OC)cc12.O=N[O-].O=N[O-].O=N[O-].[Na+].[Na+].[Na+]. The van der Waals surface area contributed by atoms with E-state index in [-0.39, 0.29) is 88.7 Å². The van der Waals surface area contributed by atoms with Gasteiger partial charge in [0, 0.05) is 21.8 Å². The van der Waals surface area contributed by atoms with Crippen LogP contribution >= 0.6 is 11.6 Å². The van der Waals surface area contributed by atoms with Gasteiger partial charge in [0.25, 0.3) is 0 Å². The largest absolute Gasteiger partial charge is 1.00 e. The third kappa shape index (κ3) is 17.2. The first-order valence-corrected chi connectivity index (χ1v) is 11.6. The standard InChI is InChI=1S/C23H30ClN3O.3HNO2.3Na/c1-5-27(6-2)13-7-8-16(3)25-23-19-11-9-17(24)14-22(19)26-21-12-10-18(28-4)15-20(21)23;3*2-1-3;;;/h9-12,14-16H,5-8,13H2,1-4H3,(H,25,26);3*(H,2,3);;;/q;;;;3*+1/p-3. The van der Waals surface area contributed by atoms with Crippen LogP contribution in [-0.2, 0) is 0 Å². The van der Waals surface area contributed by atoms with Crippen LogP contribution in [0.15, 0.2) is 52.4 Å². The van der Waals surface area contributed by atoms with Crippen molar-refractivity contribution in [2.45, 2.75) is 39.7 Å². The van der Waals surface area contributed by atoms with Gasteiger partial charge in [-0.3, -0.25) is 0 Å². The smallest absolute Gasteiger partial charge is 0.497 e. The molecular weight excluding hydrogens is 577 g/mol. The Bertz CT molecular complexity index is 1100. The number of halogens is 1. The number of benzene rings is 2. The number of ether oxygens (including phenoxy) is 1. The van der Waals surface area contributed by atoms with Gasteiger partial charge in [0.05, 0.1) is 23.8 Å². The number of nitrogens with one attached hydrogen (secondary N) is 1. The molecule has 0 bridgehead atoms. The molecule has 40 heavy (non-hydrogen) atoms. The molecular formula is C23H30ClN6Na3O7. The molecule has 1 aromatic heterocycles. The Morgan fingerprint density at radius 3 is 1.98 bits per heavy atom. The molecule has 13 nitrogen and oxygen atoms in total.